The molecule has 18 heavy (non-hydrogen) atoms. The molecule has 0 saturated heterocycles. The Bertz CT molecular complexity index is 492. The summed E-state index contributed by atoms with van der Waals surface area (Å²) in [6, 6.07) is 5.68. The fourth-order valence-corrected chi connectivity index (χ4v) is 2.55. The van der Waals surface area contributed by atoms with Crippen LogP contribution < -0.4 is 5.32 Å². The molecule has 0 bridgehead atoms. The third kappa shape index (κ3) is 2.13. The Morgan fingerprint density at radius 2 is 2.28 bits per heavy atom. The van der Waals surface area contributed by atoms with E-state index in [0.29, 0.717) is 18.8 Å². The molecular weight excluding hydrogens is 228 g/mol. The SMILES string of the molecule is Cc1ccc(C(C)NC(=O)C2(C#N)CC(C)C2)o1. The number of nitrogens with zero attached hydrogens (tertiary/aromatic N) is 1. The smallest absolute Gasteiger partial charge is 0.241 e. The van der Waals surface area contributed by atoms with Crippen molar-refractivity contribution in [2.24, 2.45) is 11.3 Å². The Morgan fingerprint density at radius 1 is 1.61 bits per heavy atom. The maximum atomic E-state index is 12.1. The predicted octanol–water partition coefficient (Wildman–Crippen LogP) is 2.71. The quantitative estimate of drug-likeness (QED) is 0.891. The summed E-state index contributed by atoms with van der Waals surface area (Å²) in [6.45, 7) is 5.79. The lowest BCUT2D eigenvalue weighted by Crippen LogP contribution is -2.48. The molecule has 1 amide bonds. The van der Waals surface area contributed by atoms with E-state index < -0.39 is 5.41 Å². The Morgan fingerprint density at radius 3 is 2.72 bits per heavy atom. The normalized spacial score (nSPS) is 28.0. The van der Waals surface area contributed by atoms with E-state index in [2.05, 4.69) is 18.3 Å². The second kappa shape index (κ2) is 4.49. The second-order valence-corrected chi connectivity index (χ2v) is 5.35. The third-order valence-corrected chi connectivity index (χ3v) is 3.58. The maximum absolute atomic E-state index is 12.1. The Labute approximate surface area is 107 Å². The van der Waals surface area contributed by atoms with Gasteiger partial charge >= 0.3 is 0 Å². The summed E-state index contributed by atoms with van der Waals surface area (Å²) in [6.07, 6.45) is 1.30. The summed E-state index contributed by atoms with van der Waals surface area (Å²) in [4.78, 5) is 12.1. The van der Waals surface area contributed by atoms with Gasteiger partial charge in [0.15, 0.2) is 0 Å². The first kappa shape index (κ1) is 12.7. The molecular formula is C14H18N2O2. The Hall–Kier alpha value is -1.76. The zero-order valence-corrected chi connectivity index (χ0v) is 11.0. The lowest BCUT2D eigenvalue weighted by atomic mass is 9.63. The van der Waals surface area contributed by atoms with Gasteiger partial charge in [0.2, 0.25) is 5.91 Å². The van der Waals surface area contributed by atoms with E-state index in [-0.39, 0.29) is 11.9 Å². The van der Waals surface area contributed by atoms with Gasteiger partial charge in [0.25, 0.3) is 0 Å². The van der Waals surface area contributed by atoms with Crippen LogP contribution in [0, 0.1) is 29.6 Å². The largest absolute Gasteiger partial charge is 0.464 e. The van der Waals surface area contributed by atoms with Crippen LogP contribution in [0.1, 0.15) is 44.3 Å². The minimum atomic E-state index is -0.824. The van der Waals surface area contributed by atoms with Crippen molar-refractivity contribution in [2.75, 3.05) is 0 Å². The van der Waals surface area contributed by atoms with Crippen LogP contribution in [-0.2, 0) is 4.79 Å². The van der Waals surface area contributed by atoms with Crippen LogP contribution in [0.15, 0.2) is 16.5 Å². The number of carbonyl (C=O) groups excluding carboxylic acids is 1. The molecule has 1 aliphatic carbocycles. The lowest BCUT2D eigenvalue weighted by molar-refractivity contribution is -0.134. The Kier molecular flexibility index (Phi) is 3.16. The molecule has 0 radical (unpaired) electrons. The zero-order chi connectivity index (χ0) is 13.3. The van der Waals surface area contributed by atoms with Gasteiger partial charge in [-0.05, 0) is 44.7 Å². The fraction of sp³-hybridized carbons (Fsp3) is 0.571. The first-order chi connectivity index (χ1) is 8.47. The molecule has 1 atom stereocenters. The van der Waals surface area contributed by atoms with Crippen LogP contribution in [0.2, 0.25) is 0 Å². The molecule has 1 saturated carbocycles. The third-order valence-electron chi connectivity index (χ3n) is 3.58. The molecule has 0 aromatic carbocycles. The van der Waals surface area contributed by atoms with E-state index >= 15 is 0 Å². The second-order valence-electron chi connectivity index (χ2n) is 5.35. The van der Waals surface area contributed by atoms with E-state index in [4.69, 9.17) is 4.42 Å². The molecule has 4 nitrogen and oxygen atoms in total. The van der Waals surface area contributed by atoms with Gasteiger partial charge in [0.05, 0.1) is 12.1 Å². The van der Waals surface area contributed by atoms with Crippen LogP contribution in [-0.4, -0.2) is 5.91 Å². The highest BCUT2D eigenvalue weighted by molar-refractivity contribution is 5.86. The number of nitrogens with one attached hydrogen (secondary N) is 1. The summed E-state index contributed by atoms with van der Waals surface area (Å²) >= 11 is 0. The average Bonchev–Trinajstić information content (AvgIpc) is 2.71. The highest BCUT2D eigenvalue weighted by Crippen LogP contribution is 2.45. The van der Waals surface area contributed by atoms with Crippen LogP contribution in [0.5, 0.6) is 0 Å². The van der Waals surface area contributed by atoms with E-state index in [1.807, 2.05) is 26.0 Å². The molecule has 0 spiro atoms. The standard InChI is InChI=1S/C14H18N2O2/c1-9-6-14(7-9,8-15)13(17)16-11(3)12-5-4-10(2)18-12/h4-5,9,11H,6-7H2,1-3H3,(H,16,17). The first-order valence-electron chi connectivity index (χ1n) is 6.25. The van der Waals surface area contributed by atoms with Gasteiger partial charge in [-0.3, -0.25) is 4.79 Å². The van der Waals surface area contributed by atoms with Crippen LogP contribution in [0.25, 0.3) is 0 Å². The molecule has 2 rings (SSSR count). The fourth-order valence-electron chi connectivity index (χ4n) is 2.55. The molecule has 1 fully saturated rings. The van der Waals surface area contributed by atoms with Crippen LogP contribution >= 0.6 is 0 Å². The van der Waals surface area contributed by atoms with E-state index in [1.54, 1.807) is 0 Å². The summed E-state index contributed by atoms with van der Waals surface area (Å²) in [7, 11) is 0. The number of hydrogen-bond acceptors (Lipinski definition) is 3. The highest BCUT2D eigenvalue weighted by Gasteiger charge is 2.49. The van der Waals surface area contributed by atoms with Crippen molar-refractivity contribution < 1.29 is 9.21 Å². The van der Waals surface area contributed by atoms with Crippen molar-refractivity contribution in [2.45, 2.75) is 39.7 Å². The summed E-state index contributed by atoms with van der Waals surface area (Å²) in [5.74, 6) is 1.82. The minimum absolute atomic E-state index is 0.176. The van der Waals surface area contributed by atoms with Crippen molar-refractivity contribution in [1.82, 2.24) is 5.32 Å². The van der Waals surface area contributed by atoms with E-state index in [0.717, 1.165) is 11.5 Å². The molecule has 1 heterocycles. The van der Waals surface area contributed by atoms with Gasteiger partial charge in [-0.25, -0.2) is 0 Å². The van der Waals surface area contributed by atoms with Crippen molar-refractivity contribution in [3.05, 3.63) is 23.7 Å². The predicted molar refractivity (Wildman–Crippen MR) is 66.4 cm³/mol. The van der Waals surface area contributed by atoms with Crippen LogP contribution in [0.3, 0.4) is 0 Å². The number of carbonyl (C=O) groups is 1. The number of hydrogen-bond donors (Lipinski definition) is 1. The molecule has 1 N–H and O–H groups in total. The van der Waals surface area contributed by atoms with Crippen molar-refractivity contribution in [3.63, 3.8) is 0 Å². The van der Waals surface area contributed by atoms with Gasteiger partial charge in [-0.1, -0.05) is 6.92 Å². The molecule has 1 unspecified atom stereocenters. The monoisotopic (exact) mass is 246 g/mol. The number of furan rings is 1. The topological polar surface area (TPSA) is 66.0 Å². The molecule has 1 aromatic rings. The summed E-state index contributed by atoms with van der Waals surface area (Å²) in [5, 5.41) is 12.0. The number of nitriles is 1. The lowest BCUT2D eigenvalue weighted by Gasteiger charge is -2.39. The number of amides is 1. The zero-order valence-electron chi connectivity index (χ0n) is 11.0. The van der Waals surface area contributed by atoms with Gasteiger partial charge in [0, 0.05) is 0 Å². The Balaban J connectivity index is 2.02. The first-order valence-corrected chi connectivity index (χ1v) is 6.25. The van der Waals surface area contributed by atoms with E-state index in [1.165, 1.54) is 0 Å². The van der Waals surface area contributed by atoms with Crippen molar-refractivity contribution in [3.8, 4) is 6.07 Å². The molecule has 1 aromatic heterocycles. The molecule has 0 aliphatic heterocycles. The molecule has 4 heteroatoms. The average molecular weight is 246 g/mol. The van der Waals surface area contributed by atoms with E-state index in [9.17, 15) is 10.1 Å². The minimum Gasteiger partial charge on any atom is -0.464 e. The molecule has 96 valence electrons. The van der Waals surface area contributed by atoms with Gasteiger partial charge in [0.1, 0.15) is 16.9 Å². The molecule has 1 aliphatic rings. The van der Waals surface area contributed by atoms with Crippen molar-refractivity contribution in [1.29, 1.82) is 5.26 Å². The summed E-state index contributed by atoms with van der Waals surface area (Å²) < 4.78 is 5.47. The highest BCUT2D eigenvalue weighted by atomic mass is 16.3. The maximum Gasteiger partial charge on any atom is 0.241 e. The van der Waals surface area contributed by atoms with Gasteiger partial charge in [-0.15, -0.1) is 0 Å². The summed E-state index contributed by atoms with van der Waals surface area (Å²) in [5.41, 5.74) is -0.824. The van der Waals surface area contributed by atoms with Crippen molar-refractivity contribution >= 4 is 5.91 Å². The van der Waals surface area contributed by atoms with Gasteiger partial charge in [-0.2, -0.15) is 5.26 Å². The van der Waals surface area contributed by atoms with Crippen LogP contribution in [0.4, 0.5) is 0 Å². The van der Waals surface area contributed by atoms with Gasteiger partial charge < -0.3 is 9.73 Å². The number of rotatable bonds is 3. The number of aryl methyl sites for hydroxylation is 1.